The highest BCUT2D eigenvalue weighted by molar-refractivity contribution is 14.1. The van der Waals surface area contributed by atoms with E-state index in [1.54, 1.807) is 20.3 Å². The van der Waals surface area contributed by atoms with E-state index in [9.17, 15) is 13.2 Å². The standard InChI is InChI=1S/C20H27F3IN3O2/c1-28-12-15(29-2)11-26-8-6-14(7-9-26)25-17-4-3-5-18-16(17)10-19(24)27(18)13-20(21,22)23/h3-5,10,14-15,25H,6-9,11-13H2,1-2H3. The fourth-order valence-electron chi connectivity index (χ4n) is 3.87. The number of halogens is 4. The van der Waals surface area contributed by atoms with E-state index in [4.69, 9.17) is 9.47 Å². The van der Waals surface area contributed by atoms with Crippen molar-refractivity contribution >= 4 is 39.2 Å². The Hall–Kier alpha value is -1.04. The second-order valence-corrected chi connectivity index (χ2v) is 8.54. The Labute approximate surface area is 182 Å². The molecular formula is C20H27F3IN3O2. The molecule has 1 aromatic heterocycles. The molecular weight excluding hydrogens is 498 g/mol. The molecule has 0 amide bonds. The summed E-state index contributed by atoms with van der Waals surface area (Å²) < 4.78 is 51.4. The van der Waals surface area contributed by atoms with Gasteiger partial charge in [0, 0.05) is 51.0 Å². The third-order valence-corrected chi connectivity index (χ3v) is 6.22. The van der Waals surface area contributed by atoms with E-state index in [0.717, 1.165) is 43.5 Å². The fourth-order valence-corrected chi connectivity index (χ4v) is 4.61. The Morgan fingerprint density at radius 3 is 2.59 bits per heavy atom. The number of benzene rings is 1. The van der Waals surface area contributed by atoms with Gasteiger partial charge < -0.3 is 24.3 Å². The normalized spacial score (nSPS) is 17.7. The Morgan fingerprint density at radius 1 is 1.24 bits per heavy atom. The summed E-state index contributed by atoms with van der Waals surface area (Å²) in [4.78, 5) is 2.37. The SMILES string of the molecule is COCC(CN1CCC(Nc2cccc3c2cc(I)n3CC(F)(F)F)CC1)OC. The number of alkyl halides is 3. The van der Waals surface area contributed by atoms with Crippen molar-refractivity contribution in [1.29, 1.82) is 0 Å². The topological polar surface area (TPSA) is 38.7 Å². The smallest absolute Gasteiger partial charge is 0.382 e. The second-order valence-electron chi connectivity index (χ2n) is 7.44. The zero-order valence-corrected chi connectivity index (χ0v) is 18.8. The molecule has 162 valence electrons. The number of nitrogens with one attached hydrogen (secondary N) is 1. The molecule has 1 atom stereocenters. The number of nitrogens with zero attached hydrogens (tertiary/aromatic N) is 2. The van der Waals surface area contributed by atoms with Crippen molar-refractivity contribution in [3.8, 4) is 0 Å². The zero-order chi connectivity index (χ0) is 21.0. The first-order chi connectivity index (χ1) is 13.8. The lowest BCUT2D eigenvalue weighted by atomic mass is 10.0. The second kappa shape index (κ2) is 9.84. The number of fused-ring (bicyclic) bond motifs is 1. The summed E-state index contributed by atoms with van der Waals surface area (Å²) in [5.41, 5.74) is 1.51. The van der Waals surface area contributed by atoms with Crippen LogP contribution in [0.2, 0.25) is 0 Å². The molecule has 1 saturated heterocycles. The summed E-state index contributed by atoms with van der Waals surface area (Å²) in [6, 6.07) is 7.63. The van der Waals surface area contributed by atoms with Crippen molar-refractivity contribution in [3.05, 3.63) is 28.0 Å². The number of ether oxygens (including phenoxy) is 2. The van der Waals surface area contributed by atoms with Crippen LogP contribution in [0.5, 0.6) is 0 Å². The highest BCUT2D eigenvalue weighted by atomic mass is 127. The average Bonchev–Trinajstić information content (AvgIpc) is 2.98. The number of methoxy groups -OCH3 is 2. The molecule has 0 radical (unpaired) electrons. The number of rotatable bonds is 8. The van der Waals surface area contributed by atoms with Crippen molar-refractivity contribution in [2.45, 2.75) is 37.7 Å². The summed E-state index contributed by atoms with van der Waals surface area (Å²) in [5.74, 6) is 0. The van der Waals surface area contributed by atoms with Crippen molar-refractivity contribution < 1.29 is 22.6 Å². The van der Waals surface area contributed by atoms with Crippen LogP contribution in [-0.4, -0.2) is 68.2 Å². The van der Waals surface area contributed by atoms with E-state index < -0.39 is 12.7 Å². The van der Waals surface area contributed by atoms with Gasteiger partial charge in [-0.3, -0.25) is 0 Å². The number of anilines is 1. The van der Waals surface area contributed by atoms with E-state index in [2.05, 4.69) is 10.2 Å². The minimum absolute atomic E-state index is 0.0636. The maximum absolute atomic E-state index is 12.9. The van der Waals surface area contributed by atoms with Crippen LogP contribution in [0.15, 0.2) is 24.3 Å². The van der Waals surface area contributed by atoms with Crippen LogP contribution >= 0.6 is 22.6 Å². The molecule has 29 heavy (non-hydrogen) atoms. The quantitative estimate of drug-likeness (QED) is 0.521. The van der Waals surface area contributed by atoms with Gasteiger partial charge in [0.2, 0.25) is 0 Å². The minimum atomic E-state index is -4.25. The van der Waals surface area contributed by atoms with Gasteiger partial charge in [-0.15, -0.1) is 0 Å². The first-order valence-corrected chi connectivity index (χ1v) is 10.7. The minimum Gasteiger partial charge on any atom is -0.382 e. The molecule has 1 aromatic carbocycles. The van der Waals surface area contributed by atoms with Gasteiger partial charge in [0.1, 0.15) is 6.54 Å². The molecule has 0 bridgehead atoms. The Kier molecular flexibility index (Phi) is 7.69. The first-order valence-electron chi connectivity index (χ1n) is 9.66. The summed E-state index contributed by atoms with van der Waals surface area (Å²) in [7, 11) is 3.37. The fraction of sp³-hybridized carbons (Fsp3) is 0.600. The van der Waals surface area contributed by atoms with E-state index in [1.165, 1.54) is 4.57 Å². The monoisotopic (exact) mass is 525 g/mol. The molecule has 9 heteroatoms. The molecule has 2 heterocycles. The zero-order valence-electron chi connectivity index (χ0n) is 16.6. The highest BCUT2D eigenvalue weighted by Gasteiger charge is 2.30. The Bertz CT molecular complexity index is 804. The van der Waals surface area contributed by atoms with Crippen LogP contribution in [0, 0.1) is 3.70 Å². The first kappa shape index (κ1) is 22.6. The van der Waals surface area contributed by atoms with E-state index >= 15 is 0 Å². The van der Waals surface area contributed by atoms with Crippen molar-refractivity contribution in [2.75, 3.05) is 45.8 Å². The number of likely N-dealkylation sites (tertiary alicyclic amines) is 1. The molecule has 0 spiro atoms. The molecule has 3 rings (SSSR count). The number of aromatic nitrogens is 1. The number of piperidine rings is 1. The molecule has 1 aliphatic rings. The predicted octanol–water partition coefficient (Wildman–Crippen LogP) is 4.35. The van der Waals surface area contributed by atoms with Gasteiger partial charge in [-0.25, -0.2) is 0 Å². The van der Waals surface area contributed by atoms with Crippen LogP contribution in [-0.2, 0) is 16.0 Å². The molecule has 0 saturated carbocycles. The van der Waals surface area contributed by atoms with Crippen molar-refractivity contribution in [2.24, 2.45) is 0 Å². The molecule has 2 aromatic rings. The molecule has 1 aliphatic heterocycles. The van der Waals surface area contributed by atoms with E-state index in [0.29, 0.717) is 21.9 Å². The lowest BCUT2D eigenvalue weighted by molar-refractivity contribution is -0.140. The molecule has 5 nitrogen and oxygen atoms in total. The highest BCUT2D eigenvalue weighted by Crippen LogP contribution is 2.32. The Balaban J connectivity index is 1.65. The predicted molar refractivity (Wildman–Crippen MR) is 116 cm³/mol. The van der Waals surface area contributed by atoms with Crippen LogP contribution in [0.1, 0.15) is 12.8 Å². The lowest BCUT2D eigenvalue weighted by Crippen LogP contribution is -2.43. The largest absolute Gasteiger partial charge is 0.406 e. The lowest BCUT2D eigenvalue weighted by Gasteiger charge is -2.34. The van der Waals surface area contributed by atoms with Crippen LogP contribution in [0.4, 0.5) is 18.9 Å². The van der Waals surface area contributed by atoms with Gasteiger partial charge in [-0.2, -0.15) is 13.2 Å². The van der Waals surface area contributed by atoms with E-state index in [1.807, 2.05) is 40.8 Å². The van der Waals surface area contributed by atoms with Gasteiger partial charge in [0.05, 0.1) is 21.9 Å². The maximum atomic E-state index is 12.9. The van der Waals surface area contributed by atoms with Gasteiger partial charge in [0.15, 0.2) is 0 Å². The van der Waals surface area contributed by atoms with Crippen LogP contribution in [0.25, 0.3) is 10.9 Å². The molecule has 0 aliphatic carbocycles. The summed E-state index contributed by atoms with van der Waals surface area (Å²) in [5, 5.41) is 4.40. The van der Waals surface area contributed by atoms with Crippen molar-refractivity contribution in [3.63, 3.8) is 0 Å². The van der Waals surface area contributed by atoms with Crippen molar-refractivity contribution in [1.82, 2.24) is 9.47 Å². The molecule has 1 N–H and O–H groups in total. The van der Waals surface area contributed by atoms with Gasteiger partial charge in [-0.1, -0.05) is 6.07 Å². The van der Waals surface area contributed by atoms with Crippen LogP contribution < -0.4 is 5.32 Å². The van der Waals surface area contributed by atoms with Gasteiger partial charge in [-0.05, 0) is 53.6 Å². The van der Waals surface area contributed by atoms with Gasteiger partial charge in [0.25, 0.3) is 0 Å². The molecule has 1 unspecified atom stereocenters. The number of hydrogen-bond acceptors (Lipinski definition) is 4. The van der Waals surface area contributed by atoms with Crippen LogP contribution in [0.3, 0.4) is 0 Å². The summed E-state index contributed by atoms with van der Waals surface area (Å²) >= 11 is 1.97. The van der Waals surface area contributed by atoms with Gasteiger partial charge >= 0.3 is 6.18 Å². The number of hydrogen-bond donors (Lipinski definition) is 1. The summed E-state index contributed by atoms with van der Waals surface area (Å²) in [6.07, 6.45) is -2.24. The van der Waals surface area contributed by atoms with E-state index in [-0.39, 0.29) is 6.10 Å². The maximum Gasteiger partial charge on any atom is 0.406 e. The third-order valence-electron chi connectivity index (χ3n) is 5.33. The average molecular weight is 525 g/mol. The summed E-state index contributed by atoms with van der Waals surface area (Å²) in [6.45, 7) is 2.34. The molecule has 1 fully saturated rings. The third kappa shape index (κ3) is 5.99. The Morgan fingerprint density at radius 2 is 1.97 bits per heavy atom.